The highest BCUT2D eigenvalue weighted by Crippen LogP contribution is 2.42. The number of hydrogen-bond acceptors (Lipinski definition) is 4. The van der Waals surface area contributed by atoms with Crippen LogP contribution in [0.3, 0.4) is 0 Å². The molecule has 15 heavy (non-hydrogen) atoms. The Morgan fingerprint density at radius 2 is 2.27 bits per heavy atom. The Bertz CT molecular complexity index is 269. The average Bonchev–Trinajstić information content (AvgIpc) is 2.19. The molecule has 1 aliphatic carbocycles. The zero-order valence-electron chi connectivity index (χ0n) is 9.33. The lowest BCUT2D eigenvalue weighted by atomic mass is 9.76. The zero-order valence-corrected chi connectivity index (χ0v) is 10.1. The lowest BCUT2D eigenvalue weighted by molar-refractivity contribution is -0.154. The van der Waals surface area contributed by atoms with Gasteiger partial charge >= 0.3 is 5.97 Å². The molecule has 1 aliphatic rings. The van der Waals surface area contributed by atoms with Gasteiger partial charge in [0, 0.05) is 12.2 Å². The molecule has 0 spiro atoms. The Morgan fingerprint density at radius 3 is 2.60 bits per heavy atom. The minimum Gasteiger partial charge on any atom is -0.467 e. The fraction of sp³-hybridized carbons (Fsp3) is 0.800. The topological polar surface area (TPSA) is 55.4 Å². The molecule has 0 unspecified atom stereocenters. The highest BCUT2D eigenvalue weighted by atomic mass is 32.2. The third kappa shape index (κ3) is 2.27. The van der Waals surface area contributed by atoms with Gasteiger partial charge in [-0.3, -0.25) is 4.79 Å². The largest absolute Gasteiger partial charge is 0.467 e. The Kier molecular flexibility index (Phi) is 4.02. The number of hydrogen-bond donors (Lipinski definition) is 1. The van der Waals surface area contributed by atoms with Crippen molar-refractivity contribution in [1.29, 1.82) is 0 Å². The first kappa shape index (κ1) is 12.4. The summed E-state index contributed by atoms with van der Waals surface area (Å²) in [6.45, 7) is 3.47. The third-order valence-electron chi connectivity index (χ3n) is 2.67. The summed E-state index contributed by atoms with van der Waals surface area (Å²) in [6.07, 6.45) is 1.63. The first-order valence-corrected chi connectivity index (χ1v) is 6.10. The molecule has 5 heteroatoms. The second-order valence-electron chi connectivity index (χ2n) is 3.63. The van der Waals surface area contributed by atoms with Gasteiger partial charge in [-0.05, 0) is 18.6 Å². The fourth-order valence-corrected chi connectivity index (χ4v) is 3.15. The highest BCUT2D eigenvalue weighted by Gasteiger charge is 2.54. The van der Waals surface area contributed by atoms with Gasteiger partial charge in [-0.1, -0.05) is 6.92 Å². The molecular weight excluding hydrogens is 214 g/mol. The van der Waals surface area contributed by atoms with Crippen molar-refractivity contribution in [2.24, 2.45) is 0 Å². The molecule has 0 radical (unpaired) electrons. The van der Waals surface area contributed by atoms with Crippen LogP contribution in [0.5, 0.6) is 0 Å². The predicted molar refractivity (Wildman–Crippen MR) is 59.7 cm³/mol. The third-order valence-corrected chi connectivity index (χ3v) is 4.04. The maximum absolute atomic E-state index is 11.7. The summed E-state index contributed by atoms with van der Waals surface area (Å²) in [5, 5.41) is 2.90. The maximum Gasteiger partial charge on any atom is 0.332 e. The van der Waals surface area contributed by atoms with Crippen LogP contribution in [-0.4, -0.2) is 35.5 Å². The summed E-state index contributed by atoms with van der Waals surface area (Å²) in [7, 11) is 1.36. The van der Waals surface area contributed by atoms with Gasteiger partial charge in [0.2, 0.25) is 5.91 Å². The van der Waals surface area contributed by atoms with Crippen LogP contribution in [-0.2, 0) is 14.3 Å². The average molecular weight is 231 g/mol. The number of ether oxygens (including phenoxy) is 1. The van der Waals surface area contributed by atoms with Crippen molar-refractivity contribution in [1.82, 2.24) is 5.32 Å². The first-order valence-electron chi connectivity index (χ1n) is 5.05. The van der Waals surface area contributed by atoms with Crippen molar-refractivity contribution in [3.05, 3.63) is 0 Å². The molecule has 1 saturated carbocycles. The minimum atomic E-state index is -0.777. The van der Waals surface area contributed by atoms with Gasteiger partial charge < -0.3 is 10.1 Å². The second kappa shape index (κ2) is 4.88. The van der Waals surface area contributed by atoms with Gasteiger partial charge in [-0.15, -0.1) is 0 Å². The smallest absolute Gasteiger partial charge is 0.332 e. The predicted octanol–water partition coefficient (Wildman–Crippen LogP) is 0.950. The molecule has 0 aromatic heterocycles. The van der Waals surface area contributed by atoms with Gasteiger partial charge in [0.05, 0.1) is 7.11 Å². The number of rotatable bonds is 4. The van der Waals surface area contributed by atoms with Gasteiger partial charge in [0.25, 0.3) is 0 Å². The standard InChI is InChI=1S/C10H17NO3S/c1-4-15-8-5-6-10(8,9(13)14-3)11-7(2)12/h8H,4-6H2,1-3H3,(H,11,12)/t8-,10+/m0/s1. The number of thioether (sulfide) groups is 1. The van der Waals surface area contributed by atoms with E-state index in [4.69, 9.17) is 4.74 Å². The van der Waals surface area contributed by atoms with Crippen molar-refractivity contribution in [2.75, 3.05) is 12.9 Å². The summed E-state index contributed by atoms with van der Waals surface area (Å²) in [6, 6.07) is 0. The van der Waals surface area contributed by atoms with E-state index < -0.39 is 5.54 Å². The van der Waals surface area contributed by atoms with Crippen LogP contribution in [0.15, 0.2) is 0 Å². The van der Waals surface area contributed by atoms with E-state index in [1.165, 1.54) is 14.0 Å². The fourth-order valence-electron chi connectivity index (χ4n) is 1.90. The Hall–Kier alpha value is -0.710. The number of methoxy groups -OCH3 is 1. The Morgan fingerprint density at radius 1 is 1.60 bits per heavy atom. The van der Waals surface area contributed by atoms with Crippen LogP contribution in [0.2, 0.25) is 0 Å². The summed E-state index contributed by atoms with van der Waals surface area (Å²) >= 11 is 1.70. The highest BCUT2D eigenvalue weighted by molar-refractivity contribution is 8.00. The van der Waals surface area contributed by atoms with E-state index in [1.807, 2.05) is 6.92 Å². The molecule has 1 N–H and O–H groups in total. The molecule has 1 rings (SSSR count). The summed E-state index contributed by atoms with van der Waals surface area (Å²) in [5.41, 5.74) is -0.777. The molecule has 4 nitrogen and oxygen atoms in total. The number of amides is 1. The number of esters is 1. The van der Waals surface area contributed by atoms with Crippen molar-refractivity contribution in [3.63, 3.8) is 0 Å². The Labute approximate surface area is 94.1 Å². The van der Waals surface area contributed by atoms with Gasteiger partial charge in [0.1, 0.15) is 5.54 Å². The number of nitrogens with one attached hydrogen (secondary N) is 1. The van der Waals surface area contributed by atoms with Crippen molar-refractivity contribution in [3.8, 4) is 0 Å². The molecule has 0 heterocycles. The van der Waals surface area contributed by atoms with Crippen molar-refractivity contribution in [2.45, 2.75) is 37.5 Å². The van der Waals surface area contributed by atoms with E-state index in [9.17, 15) is 9.59 Å². The lowest BCUT2D eigenvalue weighted by Gasteiger charge is -2.46. The molecular formula is C10H17NO3S. The van der Waals surface area contributed by atoms with Crippen LogP contribution in [0.4, 0.5) is 0 Å². The van der Waals surface area contributed by atoms with E-state index in [0.717, 1.165) is 12.2 Å². The van der Waals surface area contributed by atoms with Crippen LogP contribution in [0.1, 0.15) is 26.7 Å². The Balaban J connectivity index is 2.77. The summed E-state index contributed by atoms with van der Waals surface area (Å²) < 4.78 is 4.77. The molecule has 0 aromatic carbocycles. The number of carbonyl (C=O) groups excluding carboxylic acids is 2. The minimum absolute atomic E-state index is 0.152. The quantitative estimate of drug-likeness (QED) is 0.732. The molecule has 1 fully saturated rings. The van der Waals surface area contributed by atoms with E-state index in [2.05, 4.69) is 5.32 Å². The summed E-state index contributed by atoms with van der Waals surface area (Å²) in [5.74, 6) is 0.430. The second-order valence-corrected chi connectivity index (χ2v) is 5.11. The molecule has 1 amide bonds. The van der Waals surface area contributed by atoms with Crippen molar-refractivity contribution < 1.29 is 14.3 Å². The first-order chi connectivity index (χ1) is 7.06. The van der Waals surface area contributed by atoms with Gasteiger partial charge in [-0.25, -0.2) is 4.79 Å². The normalized spacial score (nSPS) is 29.1. The zero-order chi connectivity index (χ0) is 11.5. The lowest BCUT2D eigenvalue weighted by Crippen LogP contribution is -2.67. The number of carbonyl (C=O) groups is 2. The molecule has 0 aliphatic heterocycles. The molecule has 0 bridgehead atoms. The monoisotopic (exact) mass is 231 g/mol. The van der Waals surface area contributed by atoms with E-state index in [0.29, 0.717) is 6.42 Å². The van der Waals surface area contributed by atoms with Crippen LogP contribution in [0.25, 0.3) is 0 Å². The van der Waals surface area contributed by atoms with Crippen LogP contribution in [0, 0.1) is 0 Å². The van der Waals surface area contributed by atoms with E-state index in [1.54, 1.807) is 11.8 Å². The van der Waals surface area contributed by atoms with Gasteiger partial charge in [-0.2, -0.15) is 11.8 Å². The molecule has 2 atom stereocenters. The van der Waals surface area contributed by atoms with Crippen molar-refractivity contribution >= 4 is 23.6 Å². The van der Waals surface area contributed by atoms with Crippen LogP contribution >= 0.6 is 11.8 Å². The van der Waals surface area contributed by atoms with Gasteiger partial charge in [0.15, 0.2) is 0 Å². The SMILES string of the molecule is CCS[C@H]1CC[C@]1(NC(C)=O)C(=O)OC. The molecule has 86 valence electrons. The maximum atomic E-state index is 11.7. The van der Waals surface area contributed by atoms with E-state index >= 15 is 0 Å². The van der Waals surface area contributed by atoms with E-state index in [-0.39, 0.29) is 17.1 Å². The summed E-state index contributed by atoms with van der Waals surface area (Å²) in [4.78, 5) is 22.8. The van der Waals surface area contributed by atoms with Crippen LogP contribution < -0.4 is 5.32 Å². The molecule has 0 saturated heterocycles. The molecule has 0 aromatic rings.